The number of para-hydroxylation sites is 1. The lowest BCUT2D eigenvalue weighted by atomic mass is 10.2. The minimum absolute atomic E-state index is 0.260. The van der Waals surface area contributed by atoms with E-state index in [0.29, 0.717) is 17.4 Å². The number of aromatic nitrogens is 1. The fraction of sp³-hybridized carbons (Fsp3) is 0.182. The van der Waals surface area contributed by atoms with Gasteiger partial charge in [-0.15, -0.1) is 0 Å². The van der Waals surface area contributed by atoms with Crippen molar-refractivity contribution in [1.82, 2.24) is 4.57 Å². The van der Waals surface area contributed by atoms with Crippen LogP contribution in [0.3, 0.4) is 0 Å². The summed E-state index contributed by atoms with van der Waals surface area (Å²) in [5.74, 6) is -0.365. The van der Waals surface area contributed by atoms with Gasteiger partial charge in [-0.25, -0.2) is 4.39 Å². The Morgan fingerprint density at radius 1 is 1.50 bits per heavy atom. The SMILES string of the molecule is CCn1c[c]c(=O)c2cccc(F)c21. The van der Waals surface area contributed by atoms with Crippen molar-refractivity contribution < 1.29 is 4.39 Å². The Morgan fingerprint density at radius 3 is 3.00 bits per heavy atom. The van der Waals surface area contributed by atoms with Crippen molar-refractivity contribution in [2.24, 2.45) is 0 Å². The molecule has 0 N–H and O–H groups in total. The van der Waals surface area contributed by atoms with E-state index in [0.717, 1.165) is 0 Å². The van der Waals surface area contributed by atoms with Gasteiger partial charge in [0.1, 0.15) is 5.82 Å². The van der Waals surface area contributed by atoms with Gasteiger partial charge in [0.15, 0.2) is 5.43 Å². The number of nitrogens with zero attached hydrogens (tertiary/aromatic N) is 1. The van der Waals surface area contributed by atoms with Crippen LogP contribution in [0.1, 0.15) is 6.92 Å². The summed E-state index contributed by atoms with van der Waals surface area (Å²) in [6.45, 7) is 2.51. The van der Waals surface area contributed by atoms with E-state index < -0.39 is 0 Å². The van der Waals surface area contributed by atoms with Crippen molar-refractivity contribution in [3.05, 3.63) is 46.5 Å². The van der Waals surface area contributed by atoms with Gasteiger partial charge in [0.25, 0.3) is 0 Å². The number of halogens is 1. The van der Waals surface area contributed by atoms with E-state index in [-0.39, 0.29) is 11.2 Å². The minimum atomic E-state index is -0.365. The molecule has 1 aromatic carbocycles. The normalized spacial score (nSPS) is 10.7. The first-order chi connectivity index (χ1) is 6.74. The van der Waals surface area contributed by atoms with E-state index in [1.807, 2.05) is 6.92 Å². The number of rotatable bonds is 1. The molecule has 0 spiro atoms. The molecule has 1 radical (unpaired) electrons. The quantitative estimate of drug-likeness (QED) is 0.673. The van der Waals surface area contributed by atoms with Gasteiger partial charge in [0.2, 0.25) is 0 Å². The summed E-state index contributed by atoms with van der Waals surface area (Å²) >= 11 is 0. The maximum absolute atomic E-state index is 13.4. The Hall–Kier alpha value is -1.64. The largest absolute Gasteiger partial charge is 0.345 e. The monoisotopic (exact) mass is 190 g/mol. The molecule has 0 saturated heterocycles. The van der Waals surface area contributed by atoms with Crippen LogP contribution in [0.15, 0.2) is 29.2 Å². The molecule has 0 aliphatic heterocycles. The number of benzene rings is 1. The van der Waals surface area contributed by atoms with Gasteiger partial charge in [-0.3, -0.25) is 4.79 Å². The zero-order valence-electron chi connectivity index (χ0n) is 7.75. The molecule has 0 aliphatic carbocycles. The van der Waals surface area contributed by atoms with Crippen molar-refractivity contribution >= 4 is 10.9 Å². The number of aryl methyl sites for hydroxylation is 1. The summed E-state index contributed by atoms with van der Waals surface area (Å²) in [4.78, 5) is 11.4. The molecule has 0 unspecified atom stereocenters. The van der Waals surface area contributed by atoms with Crippen LogP contribution in [0.25, 0.3) is 10.9 Å². The number of hydrogen-bond acceptors (Lipinski definition) is 1. The molecule has 0 amide bonds. The number of hydrogen-bond donors (Lipinski definition) is 0. The van der Waals surface area contributed by atoms with Gasteiger partial charge >= 0.3 is 0 Å². The Labute approximate surface area is 80.6 Å². The van der Waals surface area contributed by atoms with Crippen LogP contribution >= 0.6 is 0 Å². The maximum Gasteiger partial charge on any atom is 0.197 e. The van der Waals surface area contributed by atoms with Crippen LogP contribution in [0.5, 0.6) is 0 Å². The Balaban J connectivity index is 3.00. The highest BCUT2D eigenvalue weighted by atomic mass is 19.1. The molecule has 0 fully saturated rings. The van der Waals surface area contributed by atoms with Crippen molar-refractivity contribution in [1.29, 1.82) is 0 Å². The smallest absolute Gasteiger partial charge is 0.197 e. The summed E-state index contributed by atoms with van der Waals surface area (Å²) in [5.41, 5.74) is 0.1000. The Morgan fingerprint density at radius 2 is 2.29 bits per heavy atom. The van der Waals surface area contributed by atoms with Crippen LogP contribution in [0.4, 0.5) is 4.39 Å². The third kappa shape index (κ3) is 1.21. The molecule has 0 aliphatic rings. The summed E-state index contributed by atoms with van der Waals surface area (Å²) in [6.07, 6.45) is 1.49. The van der Waals surface area contributed by atoms with E-state index in [2.05, 4.69) is 6.07 Å². The molecule has 0 bridgehead atoms. The molecule has 1 aromatic heterocycles. The third-order valence-electron chi connectivity index (χ3n) is 2.21. The molecular formula is C11H9FNO. The highest BCUT2D eigenvalue weighted by molar-refractivity contribution is 5.79. The lowest BCUT2D eigenvalue weighted by molar-refractivity contribution is 0.624. The van der Waals surface area contributed by atoms with E-state index in [1.54, 1.807) is 10.6 Å². The first-order valence-corrected chi connectivity index (χ1v) is 4.43. The average molecular weight is 190 g/mol. The van der Waals surface area contributed by atoms with E-state index in [9.17, 15) is 9.18 Å². The third-order valence-corrected chi connectivity index (χ3v) is 2.21. The van der Waals surface area contributed by atoms with Gasteiger partial charge in [0, 0.05) is 18.1 Å². The first kappa shape index (κ1) is 8.94. The van der Waals surface area contributed by atoms with Crippen LogP contribution in [-0.2, 0) is 6.54 Å². The topological polar surface area (TPSA) is 22.0 Å². The van der Waals surface area contributed by atoms with E-state index in [4.69, 9.17) is 0 Å². The minimum Gasteiger partial charge on any atom is -0.345 e. The van der Waals surface area contributed by atoms with E-state index >= 15 is 0 Å². The fourth-order valence-electron chi connectivity index (χ4n) is 1.52. The predicted octanol–water partition coefficient (Wildman–Crippen LogP) is 1.96. The number of fused-ring (bicyclic) bond motifs is 1. The summed E-state index contributed by atoms with van der Waals surface area (Å²) in [6, 6.07) is 7.07. The zero-order valence-corrected chi connectivity index (χ0v) is 7.75. The molecule has 71 valence electrons. The molecule has 3 heteroatoms. The lowest BCUT2D eigenvalue weighted by Crippen LogP contribution is -2.08. The van der Waals surface area contributed by atoms with Crippen LogP contribution in [0, 0.1) is 11.9 Å². The second-order valence-corrected chi connectivity index (χ2v) is 3.02. The lowest BCUT2D eigenvalue weighted by Gasteiger charge is -2.07. The van der Waals surface area contributed by atoms with Crippen molar-refractivity contribution in [3.63, 3.8) is 0 Å². The average Bonchev–Trinajstić information content (AvgIpc) is 2.20. The molecule has 0 atom stereocenters. The van der Waals surface area contributed by atoms with E-state index in [1.165, 1.54) is 18.3 Å². The summed E-state index contributed by atoms with van der Waals surface area (Å²) in [5, 5.41) is 0.384. The second-order valence-electron chi connectivity index (χ2n) is 3.02. The van der Waals surface area contributed by atoms with Gasteiger partial charge in [-0.2, -0.15) is 0 Å². The highest BCUT2D eigenvalue weighted by Crippen LogP contribution is 2.13. The van der Waals surface area contributed by atoms with Crippen molar-refractivity contribution in [3.8, 4) is 0 Å². The van der Waals surface area contributed by atoms with Gasteiger partial charge < -0.3 is 4.57 Å². The molecular weight excluding hydrogens is 181 g/mol. The Kier molecular flexibility index (Phi) is 2.08. The van der Waals surface area contributed by atoms with Crippen LogP contribution in [0.2, 0.25) is 0 Å². The Bertz CT molecular complexity index is 530. The van der Waals surface area contributed by atoms with Crippen molar-refractivity contribution in [2.45, 2.75) is 13.5 Å². The summed E-state index contributed by atoms with van der Waals surface area (Å²) in [7, 11) is 0. The maximum atomic E-state index is 13.4. The molecule has 0 saturated carbocycles. The first-order valence-electron chi connectivity index (χ1n) is 4.43. The molecule has 2 nitrogen and oxygen atoms in total. The number of pyridine rings is 1. The standard InChI is InChI=1S/C11H9FNO/c1-2-13-7-6-10(14)8-4-3-5-9(12)11(8)13/h3-5,7H,2H2,1H3. The van der Waals surface area contributed by atoms with Crippen LogP contribution < -0.4 is 5.43 Å². The molecule has 1 heterocycles. The van der Waals surface area contributed by atoms with Gasteiger partial charge in [0.05, 0.1) is 11.6 Å². The molecule has 2 rings (SSSR count). The van der Waals surface area contributed by atoms with Gasteiger partial charge in [-0.1, -0.05) is 6.07 Å². The highest BCUT2D eigenvalue weighted by Gasteiger charge is 2.05. The van der Waals surface area contributed by atoms with Gasteiger partial charge in [-0.05, 0) is 19.1 Å². The fourth-order valence-corrected chi connectivity index (χ4v) is 1.52. The molecule has 2 aromatic rings. The van der Waals surface area contributed by atoms with Crippen LogP contribution in [-0.4, -0.2) is 4.57 Å². The predicted molar refractivity (Wildman–Crippen MR) is 52.7 cm³/mol. The summed E-state index contributed by atoms with van der Waals surface area (Å²) < 4.78 is 15.1. The van der Waals surface area contributed by atoms with Crippen molar-refractivity contribution in [2.75, 3.05) is 0 Å². The zero-order chi connectivity index (χ0) is 10.1. The second kappa shape index (κ2) is 3.25. The molecule has 14 heavy (non-hydrogen) atoms.